The SMILES string of the molecule is CC1CCCN(C(=O)CNc2ncnc3sc(-c4ccccc4)cc23)C1. The van der Waals surface area contributed by atoms with Gasteiger partial charge in [0.25, 0.3) is 0 Å². The molecule has 1 atom stereocenters. The van der Waals surface area contributed by atoms with Crippen LogP contribution in [0.3, 0.4) is 0 Å². The molecule has 3 heterocycles. The largest absolute Gasteiger partial charge is 0.360 e. The number of hydrogen-bond acceptors (Lipinski definition) is 5. The van der Waals surface area contributed by atoms with Gasteiger partial charge in [0, 0.05) is 18.0 Å². The molecular formula is C20H22N4OS. The Balaban J connectivity index is 1.51. The molecule has 1 fully saturated rings. The first kappa shape index (κ1) is 17.0. The van der Waals surface area contributed by atoms with E-state index in [1.54, 1.807) is 17.7 Å². The van der Waals surface area contributed by atoms with Crippen molar-refractivity contribution in [1.29, 1.82) is 0 Å². The summed E-state index contributed by atoms with van der Waals surface area (Å²) in [5.41, 5.74) is 1.17. The predicted molar refractivity (Wildman–Crippen MR) is 106 cm³/mol. The Morgan fingerprint density at radius 3 is 2.96 bits per heavy atom. The number of carbonyl (C=O) groups is 1. The predicted octanol–water partition coefficient (Wildman–Crippen LogP) is 4.03. The molecule has 0 aliphatic carbocycles. The van der Waals surface area contributed by atoms with Crippen LogP contribution in [-0.4, -0.2) is 40.4 Å². The van der Waals surface area contributed by atoms with Crippen molar-refractivity contribution in [3.63, 3.8) is 0 Å². The van der Waals surface area contributed by atoms with E-state index in [1.807, 2.05) is 23.1 Å². The van der Waals surface area contributed by atoms with Crippen molar-refractivity contribution in [3.8, 4) is 10.4 Å². The first-order chi connectivity index (χ1) is 12.7. The highest BCUT2D eigenvalue weighted by Gasteiger charge is 2.21. The zero-order chi connectivity index (χ0) is 17.9. The quantitative estimate of drug-likeness (QED) is 0.757. The normalized spacial score (nSPS) is 17.4. The molecule has 4 rings (SSSR count). The molecule has 1 aliphatic rings. The number of nitrogens with zero attached hydrogens (tertiary/aromatic N) is 3. The van der Waals surface area contributed by atoms with Crippen molar-refractivity contribution < 1.29 is 4.79 Å². The topological polar surface area (TPSA) is 58.1 Å². The van der Waals surface area contributed by atoms with Crippen molar-refractivity contribution in [2.45, 2.75) is 19.8 Å². The minimum absolute atomic E-state index is 0.141. The van der Waals surface area contributed by atoms with Crippen LogP contribution in [-0.2, 0) is 4.79 Å². The van der Waals surface area contributed by atoms with Gasteiger partial charge in [0.2, 0.25) is 5.91 Å². The van der Waals surface area contributed by atoms with Gasteiger partial charge in [0.05, 0.1) is 11.9 Å². The maximum atomic E-state index is 12.5. The fraction of sp³-hybridized carbons (Fsp3) is 0.350. The fourth-order valence-corrected chi connectivity index (χ4v) is 4.43. The summed E-state index contributed by atoms with van der Waals surface area (Å²) in [5, 5.41) is 4.20. The lowest BCUT2D eigenvalue weighted by atomic mass is 10.0. The van der Waals surface area contributed by atoms with Crippen LogP contribution in [0.1, 0.15) is 19.8 Å². The highest BCUT2D eigenvalue weighted by molar-refractivity contribution is 7.21. The smallest absolute Gasteiger partial charge is 0.241 e. The first-order valence-electron chi connectivity index (χ1n) is 9.02. The second kappa shape index (κ2) is 7.41. The molecule has 0 radical (unpaired) electrons. The lowest BCUT2D eigenvalue weighted by Gasteiger charge is -2.31. The average molecular weight is 366 g/mol. The van der Waals surface area contributed by atoms with Crippen LogP contribution in [0.4, 0.5) is 5.82 Å². The summed E-state index contributed by atoms with van der Waals surface area (Å²) in [6.07, 6.45) is 3.86. The van der Waals surface area contributed by atoms with Crippen molar-refractivity contribution >= 4 is 33.3 Å². The van der Waals surface area contributed by atoms with Gasteiger partial charge in [0.15, 0.2) is 0 Å². The number of carbonyl (C=O) groups excluding carboxylic acids is 1. The lowest BCUT2D eigenvalue weighted by molar-refractivity contribution is -0.130. The molecule has 0 bridgehead atoms. The van der Waals surface area contributed by atoms with E-state index in [0.29, 0.717) is 5.92 Å². The van der Waals surface area contributed by atoms with Crippen LogP contribution in [0.15, 0.2) is 42.7 Å². The van der Waals surface area contributed by atoms with Gasteiger partial charge >= 0.3 is 0 Å². The number of thiophene rings is 1. The molecule has 1 unspecified atom stereocenters. The highest BCUT2D eigenvalue weighted by atomic mass is 32.1. The Bertz CT molecular complexity index is 909. The monoisotopic (exact) mass is 366 g/mol. The van der Waals surface area contributed by atoms with Crippen LogP contribution >= 0.6 is 11.3 Å². The minimum Gasteiger partial charge on any atom is -0.360 e. The van der Waals surface area contributed by atoms with E-state index >= 15 is 0 Å². The van der Waals surface area contributed by atoms with E-state index in [-0.39, 0.29) is 12.5 Å². The Kier molecular flexibility index (Phi) is 4.84. The lowest BCUT2D eigenvalue weighted by Crippen LogP contribution is -2.42. The maximum Gasteiger partial charge on any atom is 0.241 e. The molecule has 2 aromatic heterocycles. The third kappa shape index (κ3) is 3.55. The van der Waals surface area contributed by atoms with Gasteiger partial charge in [-0.2, -0.15) is 0 Å². The van der Waals surface area contributed by atoms with Crippen LogP contribution in [0.25, 0.3) is 20.7 Å². The molecule has 5 nitrogen and oxygen atoms in total. The number of amides is 1. The molecule has 1 aliphatic heterocycles. The zero-order valence-electron chi connectivity index (χ0n) is 14.8. The zero-order valence-corrected chi connectivity index (χ0v) is 15.6. The maximum absolute atomic E-state index is 12.5. The summed E-state index contributed by atoms with van der Waals surface area (Å²) < 4.78 is 0. The van der Waals surface area contributed by atoms with Gasteiger partial charge in [0.1, 0.15) is 17.0 Å². The molecule has 134 valence electrons. The van der Waals surface area contributed by atoms with Gasteiger partial charge in [-0.25, -0.2) is 9.97 Å². The van der Waals surface area contributed by atoms with E-state index in [9.17, 15) is 4.79 Å². The summed E-state index contributed by atoms with van der Waals surface area (Å²) in [5.74, 6) is 1.46. The van der Waals surface area contributed by atoms with E-state index in [4.69, 9.17) is 0 Å². The molecule has 1 N–H and O–H groups in total. The Morgan fingerprint density at radius 2 is 2.15 bits per heavy atom. The number of piperidine rings is 1. The standard InChI is InChI=1S/C20H22N4OS/c1-14-6-5-9-24(12-14)18(25)11-21-19-16-10-17(15-7-3-2-4-8-15)26-20(16)23-13-22-19/h2-4,7-8,10,13-14H,5-6,9,11-12H2,1H3,(H,21,22,23). The first-order valence-corrected chi connectivity index (χ1v) is 9.84. The summed E-state index contributed by atoms with van der Waals surface area (Å²) >= 11 is 1.64. The van der Waals surface area contributed by atoms with E-state index in [0.717, 1.165) is 40.4 Å². The van der Waals surface area contributed by atoms with E-state index in [2.05, 4.69) is 40.4 Å². The van der Waals surface area contributed by atoms with Crippen molar-refractivity contribution in [3.05, 3.63) is 42.7 Å². The Hall–Kier alpha value is -2.47. The highest BCUT2D eigenvalue weighted by Crippen LogP contribution is 2.34. The number of benzene rings is 1. The second-order valence-electron chi connectivity index (χ2n) is 6.86. The summed E-state index contributed by atoms with van der Waals surface area (Å²) in [7, 11) is 0. The molecule has 26 heavy (non-hydrogen) atoms. The molecule has 6 heteroatoms. The van der Waals surface area contributed by atoms with Gasteiger partial charge < -0.3 is 10.2 Å². The number of anilines is 1. The van der Waals surface area contributed by atoms with Crippen molar-refractivity contribution in [2.75, 3.05) is 25.0 Å². The van der Waals surface area contributed by atoms with Crippen LogP contribution in [0, 0.1) is 5.92 Å². The van der Waals surface area contributed by atoms with Crippen LogP contribution in [0.5, 0.6) is 0 Å². The second-order valence-corrected chi connectivity index (χ2v) is 7.89. The minimum atomic E-state index is 0.141. The van der Waals surface area contributed by atoms with Gasteiger partial charge in [-0.05, 0) is 30.4 Å². The number of nitrogens with one attached hydrogen (secondary N) is 1. The van der Waals surface area contributed by atoms with E-state index in [1.165, 1.54) is 12.0 Å². The molecule has 1 aromatic carbocycles. The van der Waals surface area contributed by atoms with Crippen molar-refractivity contribution in [2.24, 2.45) is 5.92 Å². The molecule has 0 saturated carbocycles. The van der Waals surface area contributed by atoms with Crippen molar-refractivity contribution in [1.82, 2.24) is 14.9 Å². The third-order valence-corrected chi connectivity index (χ3v) is 5.90. The van der Waals surface area contributed by atoms with Crippen LogP contribution < -0.4 is 5.32 Å². The molecular weight excluding hydrogens is 344 g/mol. The summed E-state index contributed by atoms with van der Waals surface area (Å²) in [4.78, 5) is 25.3. The Labute approximate surface area is 157 Å². The number of fused-ring (bicyclic) bond motifs is 1. The molecule has 1 amide bonds. The summed E-state index contributed by atoms with van der Waals surface area (Å²) in [6.45, 7) is 4.20. The van der Waals surface area contributed by atoms with Gasteiger partial charge in [-0.15, -0.1) is 11.3 Å². The number of rotatable bonds is 4. The molecule has 3 aromatic rings. The van der Waals surface area contributed by atoms with Gasteiger partial charge in [-0.1, -0.05) is 37.3 Å². The number of aromatic nitrogens is 2. The third-order valence-electron chi connectivity index (χ3n) is 4.80. The van der Waals surface area contributed by atoms with E-state index < -0.39 is 0 Å². The molecule has 0 spiro atoms. The average Bonchev–Trinajstić information content (AvgIpc) is 3.12. The van der Waals surface area contributed by atoms with Gasteiger partial charge in [-0.3, -0.25) is 4.79 Å². The summed E-state index contributed by atoms with van der Waals surface area (Å²) in [6, 6.07) is 12.4. The van der Waals surface area contributed by atoms with Crippen LogP contribution in [0.2, 0.25) is 0 Å². The number of likely N-dealkylation sites (tertiary alicyclic amines) is 1. The number of hydrogen-bond donors (Lipinski definition) is 1. The fourth-order valence-electron chi connectivity index (χ4n) is 3.43. The molecule has 1 saturated heterocycles. The Morgan fingerprint density at radius 1 is 1.31 bits per heavy atom.